The van der Waals surface area contributed by atoms with E-state index in [9.17, 15) is 15.3 Å². The van der Waals surface area contributed by atoms with Crippen LogP contribution in [-0.4, -0.2) is 6.03 Å². The summed E-state index contributed by atoms with van der Waals surface area (Å²) in [6.45, 7) is 1.98. The molecule has 0 radical (unpaired) electrons. The van der Waals surface area contributed by atoms with Crippen molar-refractivity contribution < 1.29 is 71.8 Å². The Labute approximate surface area is 301 Å². The Kier molecular flexibility index (Phi) is 15.6. The molecule has 0 aliphatic carbocycles. The maximum absolute atomic E-state index is 12.3. The van der Waals surface area contributed by atoms with E-state index in [0.29, 0.717) is 49.3 Å². The van der Waals surface area contributed by atoms with Gasteiger partial charge in [-0.25, -0.2) is 4.79 Å². The van der Waals surface area contributed by atoms with Crippen molar-refractivity contribution in [3.63, 3.8) is 0 Å². The molecule has 5 rings (SSSR count). The quantitative estimate of drug-likeness (QED) is 0.0670. The van der Waals surface area contributed by atoms with Gasteiger partial charge in [-0.1, -0.05) is 23.8 Å². The number of anilines is 2. The van der Waals surface area contributed by atoms with E-state index in [2.05, 4.69) is 49.8 Å². The van der Waals surface area contributed by atoms with Crippen LogP contribution in [0.25, 0.3) is 10.8 Å². The first-order valence-electron chi connectivity index (χ1n) is 13.0. The van der Waals surface area contributed by atoms with Crippen LogP contribution in [0.15, 0.2) is 133 Å². The van der Waals surface area contributed by atoms with E-state index in [0.717, 1.165) is 35.0 Å². The molecule has 0 aliphatic rings. The molecule has 0 heterocycles. The molecule has 0 spiro atoms. The Bertz CT molecular complexity index is 1820. The number of nitrogens with zero attached hydrogens (tertiary/aromatic N) is 4. The third kappa shape index (κ3) is 11.3. The van der Waals surface area contributed by atoms with Gasteiger partial charge in [-0.3, -0.25) is 10.1 Å². The smallest absolute Gasteiger partial charge is 0.691 e. The van der Waals surface area contributed by atoms with Gasteiger partial charge in [0.05, 0.1) is 46.8 Å². The van der Waals surface area contributed by atoms with Crippen LogP contribution in [0.3, 0.4) is 0 Å². The normalized spacial score (nSPS) is 11.0. The number of benzene rings is 5. The van der Waals surface area contributed by atoms with Gasteiger partial charge in [0.1, 0.15) is 0 Å². The summed E-state index contributed by atoms with van der Waals surface area (Å²) in [7, 11) is 0. The van der Waals surface area contributed by atoms with Gasteiger partial charge in [0.25, 0.3) is 0 Å². The summed E-state index contributed by atoms with van der Waals surface area (Å²) in [5.74, 6) is 0. The first-order valence-corrected chi connectivity index (χ1v) is 14.5. The largest absolute Gasteiger partial charge is 1.00 e. The second-order valence-electron chi connectivity index (χ2n) is 9.14. The van der Waals surface area contributed by atoms with Crippen molar-refractivity contribution in [2.45, 2.75) is 16.7 Å². The van der Waals surface area contributed by atoms with E-state index >= 15 is 0 Å². The molecule has 5 aromatic rings. The predicted molar refractivity (Wildman–Crippen MR) is 165 cm³/mol. The molecule has 0 aliphatic heterocycles. The number of azo groups is 2. The monoisotopic (exact) mass is 656 g/mol. The number of carbonyl (C=O) groups excluding carboxylic acids is 1. The van der Waals surface area contributed by atoms with Gasteiger partial charge in [-0.15, -0.1) is 10.2 Å². The van der Waals surface area contributed by atoms with E-state index < -0.39 is 0 Å². The van der Waals surface area contributed by atoms with Crippen LogP contribution in [0, 0.1) is 6.92 Å². The van der Waals surface area contributed by atoms with Crippen molar-refractivity contribution in [1.82, 2.24) is 0 Å². The van der Waals surface area contributed by atoms with Crippen LogP contribution in [-0.2, 0) is 18.7 Å². The minimum atomic E-state index is -0.363. The van der Waals surface area contributed by atoms with Crippen LogP contribution >= 0.6 is 24.1 Å². The second-order valence-corrected chi connectivity index (χ2v) is 10.7. The van der Waals surface area contributed by atoms with E-state index in [1.54, 1.807) is 78.9 Å². The molecule has 13 nitrogen and oxygen atoms in total. The topological polar surface area (TPSA) is 174 Å². The number of rotatable bonds is 12. The Morgan fingerprint density at radius 3 is 1.62 bits per heavy atom. The molecular formula is C30H22Li2N6O7S2. The summed E-state index contributed by atoms with van der Waals surface area (Å²) >= 11 is 1.52. The maximum atomic E-state index is 12.3. The molecule has 0 fully saturated rings. The van der Waals surface area contributed by atoms with Crippen molar-refractivity contribution >= 4 is 75.0 Å². The van der Waals surface area contributed by atoms with Gasteiger partial charge < -0.3 is 21.1 Å². The van der Waals surface area contributed by atoms with Gasteiger partial charge >= 0.3 is 43.8 Å². The molecule has 0 unspecified atom stereocenters. The molecule has 2 amide bonds. The molecule has 17 heteroatoms. The first-order chi connectivity index (χ1) is 22.0. The maximum Gasteiger partial charge on any atom is 1.00 e. The molecule has 228 valence electrons. The number of carbonyl (C=O) groups is 1. The Hall–Kier alpha value is -3.52. The number of aryl methyl sites for hydroxylation is 1. The summed E-state index contributed by atoms with van der Waals surface area (Å²) in [4.78, 5) is 13.6. The second kappa shape index (κ2) is 19.3. The number of urea groups is 1. The van der Waals surface area contributed by atoms with Crippen LogP contribution in [0.5, 0.6) is 0 Å². The third-order valence-corrected chi connectivity index (χ3v) is 7.23. The van der Waals surface area contributed by atoms with Crippen molar-refractivity contribution in [2.24, 2.45) is 20.5 Å². The Morgan fingerprint density at radius 1 is 0.596 bits per heavy atom. The number of hydrogen-bond acceptors (Lipinski definition) is 13. The van der Waals surface area contributed by atoms with Crippen LogP contribution < -0.4 is 58.9 Å². The van der Waals surface area contributed by atoms with Crippen LogP contribution in [0.2, 0.25) is 0 Å². The van der Waals surface area contributed by atoms with Gasteiger partial charge in [0.2, 0.25) is 0 Å². The number of fused-ring (bicyclic) bond motifs is 1. The van der Waals surface area contributed by atoms with Crippen molar-refractivity contribution in [1.29, 1.82) is 0 Å². The fourth-order valence-electron chi connectivity index (χ4n) is 3.96. The van der Waals surface area contributed by atoms with Gasteiger partial charge in [0, 0.05) is 31.9 Å². The van der Waals surface area contributed by atoms with E-state index in [-0.39, 0.29) is 43.8 Å². The predicted octanol–water partition coefficient (Wildman–Crippen LogP) is 2.09. The zero-order chi connectivity index (χ0) is 31.4. The molecule has 0 saturated heterocycles. The molecule has 5 aromatic carbocycles. The first kappa shape index (κ1) is 37.9. The summed E-state index contributed by atoms with van der Waals surface area (Å²) in [5.41, 5.74) is 4.58. The number of amides is 2. The van der Waals surface area contributed by atoms with Crippen molar-refractivity contribution in [3.8, 4) is 0 Å². The fraction of sp³-hybridized carbons (Fsp3) is 0.0333. The molecule has 2 N–H and O–H groups in total. The van der Waals surface area contributed by atoms with Crippen LogP contribution in [0.4, 0.5) is 38.9 Å². The number of hydrogen-bond donors (Lipinski definition) is 2. The molecular weight excluding hydrogens is 634 g/mol. The average Bonchev–Trinajstić information content (AvgIpc) is 3.06. The minimum absolute atomic E-state index is 0. The Morgan fingerprint density at radius 2 is 1.06 bits per heavy atom. The molecule has 0 atom stereocenters. The molecule has 0 bridgehead atoms. The summed E-state index contributed by atoms with van der Waals surface area (Å²) in [6, 6.07) is 29.6. The summed E-state index contributed by atoms with van der Waals surface area (Å²) < 4.78 is 8.78. The van der Waals surface area contributed by atoms with Crippen molar-refractivity contribution in [2.75, 3.05) is 10.6 Å². The van der Waals surface area contributed by atoms with Gasteiger partial charge in [-0.2, -0.15) is 18.9 Å². The average molecular weight is 657 g/mol. The van der Waals surface area contributed by atoms with E-state index in [1.165, 1.54) is 0 Å². The third-order valence-electron chi connectivity index (χ3n) is 6.08. The Balaban J connectivity index is 0.00000300. The molecule has 0 aromatic heterocycles. The van der Waals surface area contributed by atoms with E-state index in [4.69, 9.17) is 0 Å². The van der Waals surface area contributed by atoms with Gasteiger partial charge in [-0.05, 0) is 91.9 Å². The molecule has 47 heavy (non-hydrogen) atoms. The standard InChI is InChI=1S/C30H24N6O7S2.2Li/c1-19-2-4-20(5-3-19)31-30(37)32-21-6-8-22(9-7-21)33-35-28-16-17-29(27-18-25(45-43-41-39)14-15-26(27)28)36-34-23-10-12-24(13-11-23)44-42-40-38;;/h2-18,38-39H,1H3,(H2,31,32,37);;/q;2*+1/p-2. The van der Waals surface area contributed by atoms with Crippen LogP contribution in [0.1, 0.15) is 5.56 Å². The summed E-state index contributed by atoms with van der Waals surface area (Å²) in [5, 5.41) is 51.6. The SMILES string of the molecule is Cc1ccc(NC(=O)Nc2ccc(N=Nc3ccc(N=Nc4ccc(SOO[O-])cc4)c4cc(SOO[O-])ccc34)cc2)cc1.[Li+].[Li+]. The summed E-state index contributed by atoms with van der Waals surface area (Å²) in [6.07, 6.45) is 0. The fourth-order valence-corrected chi connectivity index (χ4v) is 4.71. The molecule has 0 saturated carbocycles. The number of nitrogens with one attached hydrogen (secondary N) is 2. The zero-order valence-electron chi connectivity index (χ0n) is 25.3. The van der Waals surface area contributed by atoms with Crippen molar-refractivity contribution in [3.05, 3.63) is 109 Å². The van der Waals surface area contributed by atoms with Gasteiger partial charge in [0.15, 0.2) is 0 Å². The van der Waals surface area contributed by atoms with E-state index in [1.807, 2.05) is 31.2 Å². The zero-order valence-corrected chi connectivity index (χ0v) is 26.9. The minimum Gasteiger partial charge on any atom is -0.691 e.